The highest BCUT2D eigenvalue weighted by Gasteiger charge is 2.40. The molecule has 3 amide bonds. The third-order valence-corrected chi connectivity index (χ3v) is 1.59. The smallest absolute Gasteiger partial charge is 0.417 e. The normalized spacial score (nSPS) is 24.1. The third kappa shape index (κ3) is 2.30. The molecule has 1 aliphatic rings. The summed E-state index contributed by atoms with van der Waals surface area (Å²) in [4.78, 5) is 21.2. The minimum absolute atomic E-state index is 0.762. The van der Waals surface area contributed by atoms with Gasteiger partial charge in [-0.3, -0.25) is 5.32 Å². The molecule has 1 atom stereocenters. The maximum atomic E-state index is 10.6. The number of ether oxygens (including phenoxy) is 1. The van der Waals surface area contributed by atoms with E-state index in [0.717, 1.165) is 0 Å². The fourth-order valence-corrected chi connectivity index (χ4v) is 0.860. The Hall–Kier alpha value is -0.390. The molecule has 0 aromatic carbocycles. The van der Waals surface area contributed by atoms with E-state index >= 15 is 0 Å². The summed E-state index contributed by atoms with van der Waals surface area (Å²) in [7, 11) is 0. The highest BCUT2D eigenvalue weighted by molar-refractivity contribution is 6.68. The van der Waals surface area contributed by atoms with Gasteiger partial charge >= 0.3 is 12.1 Å². The van der Waals surface area contributed by atoms with Crippen LogP contribution in [0.5, 0.6) is 0 Å². The van der Waals surface area contributed by atoms with Crippen molar-refractivity contribution in [1.82, 2.24) is 10.6 Å². The summed E-state index contributed by atoms with van der Waals surface area (Å²) in [5.41, 5.74) is 0. The molecule has 0 aromatic rings. The van der Waals surface area contributed by atoms with Crippen LogP contribution in [0.1, 0.15) is 0 Å². The largest absolute Gasteiger partial charge is 0.420 e. The second kappa shape index (κ2) is 3.16. The highest BCUT2D eigenvalue weighted by atomic mass is 35.6. The van der Waals surface area contributed by atoms with Crippen LogP contribution >= 0.6 is 34.8 Å². The van der Waals surface area contributed by atoms with Crippen LogP contribution in [0.15, 0.2) is 0 Å². The van der Waals surface area contributed by atoms with Crippen LogP contribution in [-0.2, 0) is 4.74 Å². The van der Waals surface area contributed by atoms with E-state index in [0.29, 0.717) is 0 Å². The molecule has 1 aliphatic heterocycles. The minimum atomic E-state index is -1.87. The third-order valence-electron chi connectivity index (χ3n) is 1.000. The molecular weight excluding hydrogens is 230 g/mol. The second-order valence-electron chi connectivity index (χ2n) is 1.93. The lowest BCUT2D eigenvalue weighted by atomic mass is 10.6. The Balaban J connectivity index is 2.68. The number of cyclic esters (lactones) is 1. The number of carbonyl (C=O) groups is 2. The van der Waals surface area contributed by atoms with Gasteiger partial charge in [0.2, 0.25) is 10.0 Å². The van der Waals surface area contributed by atoms with Crippen molar-refractivity contribution in [1.29, 1.82) is 0 Å². The minimum Gasteiger partial charge on any atom is -0.420 e. The number of nitrogens with one attached hydrogen (secondary N) is 2. The van der Waals surface area contributed by atoms with Gasteiger partial charge in [-0.25, -0.2) is 14.9 Å². The number of carbonyl (C=O) groups excluding carboxylic acids is 2. The van der Waals surface area contributed by atoms with Crippen LogP contribution in [0.2, 0.25) is 0 Å². The maximum Gasteiger partial charge on any atom is 0.417 e. The number of halogens is 3. The molecule has 1 heterocycles. The molecule has 1 unspecified atom stereocenters. The summed E-state index contributed by atoms with van der Waals surface area (Å²) in [5.74, 6) is 0. The summed E-state index contributed by atoms with van der Waals surface area (Å²) < 4.78 is 2.58. The van der Waals surface area contributed by atoms with Crippen LogP contribution < -0.4 is 10.6 Å². The zero-order valence-corrected chi connectivity index (χ0v) is 7.70. The molecule has 2 N–H and O–H groups in total. The molecule has 0 radical (unpaired) electrons. The molecule has 0 bridgehead atoms. The summed E-state index contributed by atoms with van der Waals surface area (Å²) in [6.07, 6.45) is -2.21. The average molecular weight is 233 g/mol. The Morgan fingerprint density at radius 1 is 1.33 bits per heavy atom. The van der Waals surface area contributed by atoms with Crippen molar-refractivity contribution >= 4 is 46.9 Å². The predicted octanol–water partition coefficient (Wildman–Crippen LogP) is 1.13. The lowest BCUT2D eigenvalue weighted by Gasteiger charge is -2.28. The number of imide groups is 1. The fraction of sp³-hybridized carbons (Fsp3) is 0.500. The predicted molar refractivity (Wildman–Crippen MR) is 42.2 cm³/mol. The Labute approximate surface area is 82.3 Å². The van der Waals surface area contributed by atoms with Crippen molar-refractivity contribution in [3.8, 4) is 0 Å². The van der Waals surface area contributed by atoms with E-state index in [4.69, 9.17) is 34.8 Å². The molecule has 0 saturated carbocycles. The molecule has 1 fully saturated rings. The Kier molecular flexibility index (Phi) is 2.55. The van der Waals surface area contributed by atoms with Crippen LogP contribution in [0, 0.1) is 0 Å². The second-order valence-corrected chi connectivity index (χ2v) is 4.29. The lowest BCUT2D eigenvalue weighted by molar-refractivity contribution is 0.0716. The molecule has 12 heavy (non-hydrogen) atoms. The van der Waals surface area contributed by atoms with Gasteiger partial charge in [0.25, 0.3) is 0 Å². The first-order valence-corrected chi connectivity index (χ1v) is 3.88. The van der Waals surface area contributed by atoms with Gasteiger partial charge < -0.3 is 4.74 Å². The van der Waals surface area contributed by atoms with Gasteiger partial charge in [-0.1, -0.05) is 34.8 Å². The molecule has 1 rings (SSSR count). The number of amides is 3. The van der Waals surface area contributed by atoms with Gasteiger partial charge in [0, 0.05) is 0 Å². The van der Waals surface area contributed by atoms with Crippen molar-refractivity contribution in [2.75, 3.05) is 0 Å². The standard InChI is InChI=1S/C4H3Cl3N2O3/c5-4(6,7)1-8-2(10)9-3(11)12-1/h1H,(H2,8,9,10,11). The van der Waals surface area contributed by atoms with Crippen LogP contribution in [-0.4, -0.2) is 22.1 Å². The lowest BCUT2D eigenvalue weighted by Crippen LogP contribution is -2.58. The average Bonchev–Trinajstić information content (AvgIpc) is 1.82. The molecule has 8 heteroatoms. The monoisotopic (exact) mass is 232 g/mol. The van der Waals surface area contributed by atoms with Crippen LogP contribution in [0.25, 0.3) is 0 Å². The molecule has 68 valence electrons. The summed E-state index contributed by atoms with van der Waals surface area (Å²) in [5, 5.41) is 3.89. The van der Waals surface area contributed by atoms with E-state index in [2.05, 4.69) is 10.1 Å². The van der Waals surface area contributed by atoms with Gasteiger partial charge in [-0.05, 0) is 0 Å². The zero-order chi connectivity index (χ0) is 9.35. The number of alkyl halides is 3. The van der Waals surface area contributed by atoms with E-state index in [-0.39, 0.29) is 0 Å². The number of alkyl carbamates (subject to hydrolysis) is 1. The maximum absolute atomic E-state index is 10.6. The Morgan fingerprint density at radius 3 is 2.33 bits per heavy atom. The van der Waals surface area contributed by atoms with Gasteiger partial charge in [0.15, 0.2) is 0 Å². The van der Waals surface area contributed by atoms with E-state index in [1.807, 2.05) is 0 Å². The van der Waals surface area contributed by atoms with Gasteiger partial charge in [0.1, 0.15) is 0 Å². The molecular formula is C4H3Cl3N2O3. The van der Waals surface area contributed by atoms with E-state index in [1.165, 1.54) is 0 Å². The summed E-state index contributed by atoms with van der Waals surface area (Å²) in [6, 6.07) is -0.762. The fourth-order valence-electron chi connectivity index (χ4n) is 0.562. The van der Waals surface area contributed by atoms with E-state index in [1.54, 1.807) is 5.32 Å². The topological polar surface area (TPSA) is 67.4 Å². The van der Waals surface area contributed by atoms with Gasteiger partial charge in [0.05, 0.1) is 0 Å². The molecule has 0 aromatic heterocycles. The summed E-state index contributed by atoms with van der Waals surface area (Å²) in [6.45, 7) is 0. The first-order chi connectivity index (χ1) is 5.39. The first kappa shape index (κ1) is 9.70. The van der Waals surface area contributed by atoms with E-state index < -0.39 is 22.1 Å². The van der Waals surface area contributed by atoms with Gasteiger partial charge in [-0.15, -0.1) is 0 Å². The first-order valence-electron chi connectivity index (χ1n) is 2.74. The van der Waals surface area contributed by atoms with Crippen molar-refractivity contribution in [3.63, 3.8) is 0 Å². The molecule has 1 saturated heterocycles. The molecule has 5 nitrogen and oxygen atoms in total. The Bertz CT molecular complexity index is 210. The molecule has 0 aliphatic carbocycles. The van der Waals surface area contributed by atoms with Crippen LogP contribution in [0.3, 0.4) is 0 Å². The SMILES string of the molecule is O=C1NC(=O)OC(C(Cl)(Cl)Cl)N1. The highest BCUT2D eigenvalue weighted by Crippen LogP contribution is 2.31. The van der Waals surface area contributed by atoms with Crippen molar-refractivity contribution < 1.29 is 14.3 Å². The Morgan fingerprint density at radius 2 is 1.92 bits per heavy atom. The van der Waals surface area contributed by atoms with Crippen LogP contribution in [0.4, 0.5) is 9.59 Å². The van der Waals surface area contributed by atoms with Gasteiger partial charge in [-0.2, -0.15) is 0 Å². The zero-order valence-electron chi connectivity index (χ0n) is 5.44. The summed E-state index contributed by atoms with van der Waals surface area (Å²) >= 11 is 16.1. The van der Waals surface area contributed by atoms with E-state index in [9.17, 15) is 9.59 Å². The number of rotatable bonds is 0. The number of hydrogen-bond donors (Lipinski definition) is 2. The number of hydrogen-bond acceptors (Lipinski definition) is 3. The molecule has 0 spiro atoms. The van der Waals surface area contributed by atoms with Crippen molar-refractivity contribution in [2.45, 2.75) is 10.0 Å². The van der Waals surface area contributed by atoms with Crippen molar-refractivity contribution in [3.05, 3.63) is 0 Å². The quantitative estimate of drug-likeness (QED) is 0.616. The van der Waals surface area contributed by atoms with Crippen molar-refractivity contribution in [2.24, 2.45) is 0 Å². The number of urea groups is 1.